The number of benzene rings is 1. The molecule has 108 valence electrons. The van der Waals surface area contributed by atoms with E-state index in [0.717, 1.165) is 21.2 Å². The number of aromatic amines is 1. The van der Waals surface area contributed by atoms with Gasteiger partial charge in [0.1, 0.15) is 0 Å². The van der Waals surface area contributed by atoms with Gasteiger partial charge in [-0.2, -0.15) is 0 Å². The molecule has 6 nitrogen and oxygen atoms in total. The van der Waals surface area contributed by atoms with Crippen molar-refractivity contribution in [1.82, 2.24) is 14.1 Å². The van der Waals surface area contributed by atoms with E-state index in [9.17, 15) is 9.59 Å². The fraction of sp³-hybridized carbons (Fsp3) is 0.200. The van der Waals surface area contributed by atoms with Crippen molar-refractivity contribution in [2.24, 2.45) is 14.1 Å². The van der Waals surface area contributed by atoms with E-state index in [0.29, 0.717) is 12.1 Å². The summed E-state index contributed by atoms with van der Waals surface area (Å²) in [5, 5.41) is 4.32. The maximum Gasteiger partial charge on any atom is 0.330 e. The van der Waals surface area contributed by atoms with Crippen LogP contribution in [0.5, 0.6) is 0 Å². The highest BCUT2D eigenvalue weighted by Gasteiger charge is 2.06. The number of nitrogens with one attached hydrogen (secondary N) is 2. The Kier molecular flexibility index (Phi) is 3.13. The summed E-state index contributed by atoms with van der Waals surface area (Å²) in [7, 11) is 3.12. The minimum absolute atomic E-state index is 0.270. The van der Waals surface area contributed by atoms with E-state index in [-0.39, 0.29) is 11.2 Å². The zero-order chi connectivity index (χ0) is 15.0. The topological polar surface area (TPSA) is 71.8 Å². The lowest BCUT2D eigenvalue weighted by atomic mass is 10.2. The summed E-state index contributed by atoms with van der Waals surface area (Å²) in [5.74, 6) is 0. The van der Waals surface area contributed by atoms with Gasteiger partial charge in [0.15, 0.2) is 0 Å². The zero-order valence-corrected chi connectivity index (χ0v) is 11.9. The Bertz CT molecular complexity index is 917. The van der Waals surface area contributed by atoms with Crippen LogP contribution in [0.2, 0.25) is 0 Å². The minimum Gasteiger partial charge on any atom is -0.381 e. The Morgan fingerprint density at radius 1 is 1.19 bits per heavy atom. The van der Waals surface area contributed by atoms with Crippen molar-refractivity contribution in [3.63, 3.8) is 0 Å². The van der Waals surface area contributed by atoms with Crippen LogP contribution in [0.15, 0.2) is 46.2 Å². The van der Waals surface area contributed by atoms with Crippen molar-refractivity contribution in [1.29, 1.82) is 0 Å². The van der Waals surface area contributed by atoms with Crippen LogP contribution >= 0.6 is 0 Å². The van der Waals surface area contributed by atoms with E-state index in [2.05, 4.69) is 10.3 Å². The first-order chi connectivity index (χ1) is 10.1. The van der Waals surface area contributed by atoms with Gasteiger partial charge < -0.3 is 14.9 Å². The molecule has 21 heavy (non-hydrogen) atoms. The molecule has 2 N–H and O–H groups in total. The van der Waals surface area contributed by atoms with Crippen molar-refractivity contribution < 1.29 is 0 Å². The number of anilines is 1. The van der Waals surface area contributed by atoms with E-state index in [1.54, 1.807) is 13.2 Å². The molecule has 0 saturated heterocycles. The number of rotatable bonds is 3. The van der Waals surface area contributed by atoms with E-state index >= 15 is 0 Å². The van der Waals surface area contributed by atoms with Gasteiger partial charge in [0.2, 0.25) is 0 Å². The lowest BCUT2D eigenvalue weighted by molar-refractivity contribution is 0.671. The van der Waals surface area contributed by atoms with Crippen molar-refractivity contribution in [3.8, 4) is 0 Å². The molecule has 0 saturated carbocycles. The lowest BCUT2D eigenvalue weighted by Gasteiger charge is -2.09. The molecule has 3 rings (SSSR count). The standard InChI is InChI=1S/C15H16N4O2/c1-18-9-11(14(20)19(2)15(18)21)8-17-12-3-4-13-10(7-12)5-6-16-13/h3-7,9,16-17H,8H2,1-2H3. The van der Waals surface area contributed by atoms with Crippen LogP contribution in [0.4, 0.5) is 5.69 Å². The third kappa shape index (κ3) is 2.35. The van der Waals surface area contributed by atoms with Gasteiger partial charge in [-0.25, -0.2) is 4.79 Å². The van der Waals surface area contributed by atoms with E-state index in [4.69, 9.17) is 0 Å². The largest absolute Gasteiger partial charge is 0.381 e. The highest BCUT2D eigenvalue weighted by molar-refractivity contribution is 5.82. The third-order valence-corrected chi connectivity index (χ3v) is 3.55. The molecule has 1 aromatic carbocycles. The van der Waals surface area contributed by atoms with Gasteiger partial charge >= 0.3 is 5.69 Å². The van der Waals surface area contributed by atoms with Gasteiger partial charge in [-0.15, -0.1) is 0 Å². The Labute approximate surface area is 120 Å². The molecular weight excluding hydrogens is 268 g/mol. The van der Waals surface area contributed by atoms with Gasteiger partial charge in [0, 0.05) is 49.6 Å². The second kappa shape index (κ2) is 4.97. The van der Waals surface area contributed by atoms with E-state index in [1.807, 2.05) is 30.5 Å². The molecule has 0 aliphatic rings. The van der Waals surface area contributed by atoms with Crippen molar-refractivity contribution in [2.45, 2.75) is 6.54 Å². The summed E-state index contributed by atoms with van der Waals surface area (Å²) in [4.78, 5) is 26.8. The number of nitrogens with zero attached hydrogens (tertiary/aromatic N) is 2. The number of hydrogen-bond acceptors (Lipinski definition) is 3. The van der Waals surface area contributed by atoms with Crippen molar-refractivity contribution >= 4 is 16.6 Å². The van der Waals surface area contributed by atoms with E-state index in [1.165, 1.54) is 11.6 Å². The molecule has 6 heteroatoms. The predicted molar refractivity (Wildman–Crippen MR) is 82.5 cm³/mol. The zero-order valence-electron chi connectivity index (χ0n) is 11.9. The number of hydrogen-bond donors (Lipinski definition) is 2. The Balaban J connectivity index is 1.87. The molecule has 0 fully saturated rings. The molecule has 0 atom stereocenters. The molecule has 2 aromatic heterocycles. The number of aromatic nitrogens is 3. The Morgan fingerprint density at radius 3 is 2.81 bits per heavy atom. The summed E-state index contributed by atoms with van der Waals surface area (Å²) >= 11 is 0. The van der Waals surface area contributed by atoms with Crippen LogP contribution in [-0.4, -0.2) is 14.1 Å². The smallest absolute Gasteiger partial charge is 0.330 e. The van der Waals surface area contributed by atoms with Crippen LogP contribution in [-0.2, 0) is 20.6 Å². The Hall–Kier alpha value is -2.76. The van der Waals surface area contributed by atoms with Gasteiger partial charge in [0.25, 0.3) is 5.56 Å². The minimum atomic E-state index is -0.322. The Morgan fingerprint density at radius 2 is 2.00 bits per heavy atom. The summed E-state index contributed by atoms with van der Waals surface area (Å²) in [6.45, 7) is 0.372. The van der Waals surface area contributed by atoms with Crippen molar-refractivity contribution in [3.05, 3.63) is 63.1 Å². The molecule has 0 bridgehead atoms. The predicted octanol–water partition coefficient (Wildman–Crippen LogP) is 1.18. The molecule has 0 spiro atoms. The third-order valence-electron chi connectivity index (χ3n) is 3.55. The van der Waals surface area contributed by atoms with E-state index < -0.39 is 0 Å². The van der Waals surface area contributed by atoms with Crippen LogP contribution < -0.4 is 16.6 Å². The summed E-state index contributed by atoms with van der Waals surface area (Å²) in [6, 6.07) is 7.94. The molecule has 0 amide bonds. The van der Waals surface area contributed by atoms with Gasteiger partial charge in [-0.3, -0.25) is 9.36 Å². The van der Waals surface area contributed by atoms with Crippen LogP contribution in [0.3, 0.4) is 0 Å². The summed E-state index contributed by atoms with van der Waals surface area (Å²) in [6.07, 6.45) is 3.46. The molecule has 3 aromatic rings. The number of H-pyrrole nitrogens is 1. The maximum absolute atomic E-state index is 12.0. The first-order valence-electron chi connectivity index (χ1n) is 6.63. The van der Waals surface area contributed by atoms with Crippen LogP contribution in [0, 0.1) is 0 Å². The highest BCUT2D eigenvalue weighted by atomic mass is 16.2. The molecule has 2 heterocycles. The molecule has 0 unspecified atom stereocenters. The SMILES string of the molecule is Cn1cc(CNc2ccc3[nH]ccc3c2)c(=O)n(C)c1=O. The van der Waals surface area contributed by atoms with Gasteiger partial charge in [-0.05, 0) is 24.3 Å². The summed E-state index contributed by atoms with van der Waals surface area (Å²) in [5.41, 5.74) is 1.95. The van der Waals surface area contributed by atoms with Crippen molar-refractivity contribution in [2.75, 3.05) is 5.32 Å². The normalized spacial score (nSPS) is 11.0. The fourth-order valence-corrected chi connectivity index (χ4v) is 2.36. The average Bonchev–Trinajstić information content (AvgIpc) is 2.95. The molecule has 0 aliphatic carbocycles. The lowest BCUT2D eigenvalue weighted by Crippen LogP contribution is -2.38. The first kappa shape index (κ1) is 13.2. The second-order valence-corrected chi connectivity index (χ2v) is 5.05. The average molecular weight is 284 g/mol. The fourth-order valence-electron chi connectivity index (χ4n) is 2.36. The maximum atomic E-state index is 12.0. The second-order valence-electron chi connectivity index (χ2n) is 5.05. The molecule has 0 aliphatic heterocycles. The number of fused-ring (bicyclic) bond motifs is 1. The highest BCUT2D eigenvalue weighted by Crippen LogP contribution is 2.17. The van der Waals surface area contributed by atoms with Gasteiger partial charge in [0.05, 0.1) is 5.56 Å². The summed E-state index contributed by atoms with van der Waals surface area (Å²) < 4.78 is 2.53. The monoisotopic (exact) mass is 284 g/mol. The molecule has 0 radical (unpaired) electrons. The first-order valence-corrected chi connectivity index (χ1v) is 6.63. The van der Waals surface area contributed by atoms with Gasteiger partial charge in [-0.1, -0.05) is 0 Å². The number of aryl methyl sites for hydroxylation is 1. The van der Waals surface area contributed by atoms with Crippen LogP contribution in [0.25, 0.3) is 10.9 Å². The quantitative estimate of drug-likeness (QED) is 0.758. The molecular formula is C15H16N4O2. The van der Waals surface area contributed by atoms with Crippen LogP contribution in [0.1, 0.15) is 5.56 Å².